The third kappa shape index (κ3) is 3.74. The fourth-order valence-corrected chi connectivity index (χ4v) is 2.20. The molecular weight excluding hydrogens is 253 g/mol. The number of hydrogen-bond acceptors (Lipinski definition) is 1. The molecule has 3 heteroatoms. The second kappa shape index (κ2) is 5.90. The van der Waals surface area contributed by atoms with Crippen LogP contribution in [0.4, 0.5) is 0 Å². The number of halogens is 2. The lowest BCUT2D eigenvalue weighted by molar-refractivity contribution is 0.723. The topological polar surface area (TPSA) is 12.0 Å². The maximum atomic E-state index is 6.16. The van der Waals surface area contributed by atoms with E-state index in [0.29, 0.717) is 0 Å². The van der Waals surface area contributed by atoms with Gasteiger partial charge in [0.15, 0.2) is 0 Å². The zero-order chi connectivity index (χ0) is 12.3. The fourth-order valence-electron chi connectivity index (χ4n) is 1.69. The predicted octanol–water partition coefficient (Wildman–Crippen LogP) is 4.54. The van der Waals surface area contributed by atoms with E-state index in [1.165, 1.54) is 18.4 Å². The third-order valence-corrected chi connectivity index (χ3v) is 3.66. The molecule has 1 fully saturated rings. The lowest BCUT2D eigenvalue weighted by Gasteiger charge is -2.08. The molecule has 0 amide bonds. The van der Waals surface area contributed by atoms with Crippen LogP contribution < -0.4 is 5.32 Å². The van der Waals surface area contributed by atoms with Crippen LogP contribution in [0.2, 0.25) is 10.0 Å². The first-order valence-electron chi connectivity index (χ1n) is 6.07. The minimum atomic E-state index is 0.717. The first kappa shape index (κ1) is 12.9. The Bertz CT molecular complexity index is 402. The predicted molar refractivity (Wildman–Crippen MR) is 75.8 cm³/mol. The molecule has 1 aliphatic carbocycles. The Balaban J connectivity index is 2.12. The molecule has 1 aromatic carbocycles. The lowest BCUT2D eigenvalue weighted by atomic mass is 10.1. The van der Waals surface area contributed by atoms with Crippen molar-refractivity contribution in [1.29, 1.82) is 0 Å². The molecule has 0 saturated heterocycles. The molecule has 17 heavy (non-hydrogen) atoms. The Hall–Kier alpha value is -0.500. The van der Waals surface area contributed by atoms with Gasteiger partial charge in [-0.3, -0.25) is 0 Å². The van der Waals surface area contributed by atoms with Gasteiger partial charge < -0.3 is 5.32 Å². The molecule has 0 radical (unpaired) electrons. The molecule has 2 rings (SSSR count). The van der Waals surface area contributed by atoms with Crippen LogP contribution in [-0.4, -0.2) is 12.6 Å². The summed E-state index contributed by atoms with van der Waals surface area (Å²) in [5.41, 5.74) is 2.28. The quantitative estimate of drug-likeness (QED) is 0.828. The van der Waals surface area contributed by atoms with E-state index in [1.807, 2.05) is 18.2 Å². The van der Waals surface area contributed by atoms with E-state index in [0.717, 1.165) is 34.6 Å². The largest absolute Gasteiger partial charge is 0.310 e. The number of nitrogens with one attached hydrogen (secondary N) is 1. The number of hydrogen-bond donors (Lipinski definition) is 1. The molecule has 0 atom stereocenters. The van der Waals surface area contributed by atoms with E-state index < -0.39 is 0 Å². The van der Waals surface area contributed by atoms with E-state index in [2.05, 4.69) is 18.3 Å². The molecule has 1 N–H and O–H groups in total. The van der Waals surface area contributed by atoms with Crippen LogP contribution in [-0.2, 0) is 0 Å². The molecule has 1 aliphatic rings. The van der Waals surface area contributed by atoms with Gasteiger partial charge in [0.05, 0.1) is 0 Å². The second-order valence-electron chi connectivity index (χ2n) is 4.45. The fraction of sp³-hybridized carbons (Fsp3) is 0.429. The summed E-state index contributed by atoms with van der Waals surface area (Å²) < 4.78 is 0. The maximum Gasteiger partial charge on any atom is 0.0493 e. The molecule has 0 spiro atoms. The van der Waals surface area contributed by atoms with Gasteiger partial charge in [-0.05, 0) is 31.4 Å². The maximum absolute atomic E-state index is 6.16. The van der Waals surface area contributed by atoms with Crippen LogP contribution >= 0.6 is 23.2 Å². The number of benzene rings is 1. The Morgan fingerprint density at radius 1 is 1.35 bits per heavy atom. The summed E-state index contributed by atoms with van der Waals surface area (Å²) >= 11 is 12.3. The Morgan fingerprint density at radius 2 is 2.00 bits per heavy atom. The van der Waals surface area contributed by atoms with Gasteiger partial charge in [0.1, 0.15) is 0 Å². The molecule has 1 saturated carbocycles. The van der Waals surface area contributed by atoms with Gasteiger partial charge >= 0.3 is 0 Å². The van der Waals surface area contributed by atoms with E-state index in [1.54, 1.807) is 0 Å². The first-order valence-corrected chi connectivity index (χ1v) is 6.83. The van der Waals surface area contributed by atoms with Crippen molar-refractivity contribution < 1.29 is 0 Å². The van der Waals surface area contributed by atoms with Crippen molar-refractivity contribution in [2.75, 3.05) is 6.54 Å². The highest BCUT2D eigenvalue weighted by Crippen LogP contribution is 2.27. The van der Waals surface area contributed by atoms with E-state index in [4.69, 9.17) is 23.2 Å². The smallest absolute Gasteiger partial charge is 0.0493 e. The number of rotatable bonds is 5. The molecule has 0 heterocycles. The molecule has 0 bridgehead atoms. The highest BCUT2D eigenvalue weighted by molar-refractivity contribution is 6.37. The molecule has 0 unspecified atom stereocenters. The zero-order valence-electron chi connectivity index (χ0n) is 9.97. The van der Waals surface area contributed by atoms with Crippen LogP contribution in [0.15, 0.2) is 23.8 Å². The van der Waals surface area contributed by atoms with Crippen molar-refractivity contribution >= 4 is 29.3 Å². The lowest BCUT2D eigenvalue weighted by Crippen LogP contribution is -2.18. The summed E-state index contributed by atoms with van der Waals surface area (Å²) in [4.78, 5) is 0. The summed E-state index contributed by atoms with van der Waals surface area (Å²) in [6, 6.07) is 6.35. The van der Waals surface area contributed by atoms with Crippen molar-refractivity contribution in [2.24, 2.45) is 0 Å². The summed E-state index contributed by atoms with van der Waals surface area (Å²) in [6.07, 6.45) is 5.75. The van der Waals surface area contributed by atoms with Gasteiger partial charge in [-0.2, -0.15) is 0 Å². The van der Waals surface area contributed by atoms with Crippen molar-refractivity contribution in [3.05, 3.63) is 39.4 Å². The van der Waals surface area contributed by atoms with Crippen LogP contribution in [0.5, 0.6) is 0 Å². The first-order chi connectivity index (χ1) is 8.20. The summed E-state index contributed by atoms with van der Waals surface area (Å²) in [7, 11) is 0. The Morgan fingerprint density at radius 3 is 2.53 bits per heavy atom. The van der Waals surface area contributed by atoms with Crippen LogP contribution in [0, 0.1) is 0 Å². The highest BCUT2D eigenvalue weighted by Gasteiger charge is 2.20. The average molecular weight is 270 g/mol. The van der Waals surface area contributed by atoms with Crippen molar-refractivity contribution in [2.45, 2.75) is 32.2 Å². The van der Waals surface area contributed by atoms with E-state index >= 15 is 0 Å². The van der Waals surface area contributed by atoms with Gasteiger partial charge in [0.25, 0.3) is 0 Å². The van der Waals surface area contributed by atoms with Crippen LogP contribution in [0.3, 0.4) is 0 Å². The van der Waals surface area contributed by atoms with E-state index in [-0.39, 0.29) is 0 Å². The average Bonchev–Trinajstić information content (AvgIpc) is 3.12. The van der Waals surface area contributed by atoms with Gasteiger partial charge in [-0.25, -0.2) is 0 Å². The van der Waals surface area contributed by atoms with Gasteiger partial charge in [0.2, 0.25) is 0 Å². The molecule has 0 aromatic heterocycles. The SMILES string of the molecule is CCC(=Cc1c(Cl)cccc1Cl)CNC1CC1. The van der Waals surface area contributed by atoms with Gasteiger partial charge in [-0.15, -0.1) is 0 Å². The van der Waals surface area contributed by atoms with Crippen LogP contribution in [0.1, 0.15) is 31.7 Å². The Kier molecular flexibility index (Phi) is 4.49. The van der Waals surface area contributed by atoms with Crippen molar-refractivity contribution in [1.82, 2.24) is 5.32 Å². The molecule has 1 aromatic rings. The minimum Gasteiger partial charge on any atom is -0.310 e. The minimum absolute atomic E-state index is 0.717. The van der Waals surface area contributed by atoms with E-state index in [9.17, 15) is 0 Å². The molecule has 0 aliphatic heterocycles. The normalized spacial score (nSPS) is 16.3. The van der Waals surface area contributed by atoms with Gasteiger partial charge in [0, 0.05) is 28.2 Å². The molecule has 92 valence electrons. The van der Waals surface area contributed by atoms with Crippen molar-refractivity contribution in [3.8, 4) is 0 Å². The van der Waals surface area contributed by atoms with Crippen molar-refractivity contribution in [3.63, 3.8) is 0 Å². The molecular formula is C14H17Cl2N. The zero-order valence-corrected chi connectivity index (χ0v) is 11.5. The Labute approximate surface area is 113 Å². The summed E-state index contributed by atoms with van der Waals surface area (Å²) in [5.74, 6) is 0. The van der Waals surface area contributed by atoms with Gasteiger partial charge in [-0.1, -0.05) is 47.8 Å². The van der Waals surface area contributed by atoms with Crippen LogP contribution in [0.25, 0.3) is 6.08 Å². The molecule has 1 nitrogen and oxygen atoms in total. The summed E-state index contributed by atoms with van der Waals surface area (Å²) in [6.45, 7) is 3.09. The highest BCUT2D eigenvalue weighted by atomic mass is 35.5. The third-order valence-electron chi connectivity index (χ3n) is 3.00. The second-order valence-corrected chi connectivity index (χ2v) is 5.26. The standard InChI is InChI=1S/C14H17Cl2N/c1-2-10(9-17-11-6-7-11)8-12-13(15)4-3-5-14(12)16/h3-5,8,11,17H,2,6-7,9H2,1H3. The summed E-state index contributed by atoms with van der Waals surface area (Å²) in [5, 5.41) is 4.95. The monoisotopic (exact) mass is 269 g/mol.